The summed E-state index contributed by atoms with van der Waals surface area (Å²) in [5, 5.41) is 11.8. The molecule has 1 aromatic carbocycles. The second kappa shape index (κ2) is 5.98. The molecule has 0 saturated heterocycles. The van der Waals surface area contributed by atoms with Crippen molar-refractivity contribution >= 4 is 27.5 Å². The van der Waals surface area contributed by atoms with Crippen LogP contribution in [-0.2, 0) is 6.54 Å². The first-order valence-electron chi connectivity index (χ1n) is 8.54. The van der Waals surface area contributed by atoms with Crippen LogP contribution in [0.1, 0.15) is 19.0 Å². The highest BCUT2D eigenvalue weighted by Crippen LogP contribution is 2.39. The molecule has 0 unspecified atom stereocenters. The maximum absolute atomic E-state index is 13.4. The molecule has 0 aliphatic rings. The van der Waals surface area contributed by atoms with Crippen molar-refractivity contribution in [2.24, 2.45) is 0 Å². The molecule has 0 amide bonds. The van der Waals surface area contributed by atoms with E-state index in [-0.39, 0.29) is 5.88 Å². The van der Waals surface area contributed by atoms with Crippen molar-refractivity contribution in [3.63, 3.8) is 0 Å². The van der Waals surface area contributed by atoms with Crippen LogP contribution in [-0.4, -0.2) is 19.6 Å². The number of benzene rings is 1. The Kier molecular flexibility index (Phi) is 3.76. The van der Waals surface area contributed by atoms with Crippen LogP contribution in [0.15, 0.2) is 36.5 Å². The van der Waals surface area contributed by atoms with Gasteiger partial charge >= 0.3 is 0 Å². The first-order valence-corrected chi connectivity index (χ1v) is 8.54. The minimum atomic E-state index is -0.511. The summed E-state index contributed by atoms with van der Waals surface area (Å²) in [5.41, 5.74) is 10.5. The summed E-state index contributed by atoms with van der Waals surface area (Å²) in [6, 6.07) is 8.72. The zero-order valence-corrected chi connectivity index (χ0v) is 14.6. The van der Waals surface area contributed by atoms with E-state index in [2.05, 4.69) is 4.98 Å². The summed E-state index contributed by atoms with van der Waals surface area (Å²) < 4.78 is 15.2. The van der Waals surface area contributed by atoms with E-state index in [0.29, 0.717) is 34.3 Å². The number of hydrogen-bond acceptors (Lipinski definition) is 4. The number of nitrogens with zero attached hydrogens (tertiary/aromatic N) is 3. The summed E-state index contributed by atoms with van der Waals surface area (Å²) in [6.45, 7) is 4.49. The Hall–Kier alpha value is -3.15. The van der Waals surface area contributed by atoms with Gasteiger partial charge in [-0.25, -0.2) is 9.97 Å². The number of nitrogens with two attached hydrogens (primary N) is 1. The molecule has 0 aliphatic carbocycles. The molecule has 0 aliphatic heterocycles. The van der Waals surface area contributed by atoms with Crippen LogP contribution in [0.4, 0.5) is 10.1 Å². The molecule has 0 saturated carbocycles. The predicted octanol–water partition coefficient (Wildman–Crippen LogP) is 4.40. The van der Waals surface area contributed by atoms with Crippen LogP contribution in [0.5, 0.6) is 5.88 Å². The van der Waals surface area contributed by atoms with Crippen molar-refractivity contribution in [3.8, 4) is 17.0 Å². The van der Waals surface area contributed by atoms with Gasteiger partial charge in [-0.1, -0.05) is 25.1 Å². The highest BCUT2D eigenvalue weighted by atomic mass is 19.1. The Morgan fingerprint density at radius 3 is 2.69 bits per heavy atom. The molecule has 4 rings (SSSR count). The van der Waals surface area contributed by atoms with Crippen molar-refractivity contribution in [1.29, 1.82) is 0 Å². The fourth-order valence-corrected chi connectivity index (χ4v) is 3.45. The van der Waals surface area contributed by atoms with Crippen molar-refractivity contribution < 1.29 is 9.50 Å². The van der Waals surface area contributed by atoms with E-state index in [0.717, 1.165) is 22.9 Å². The van der Waals surface area contributed by atoms with E-state index in [1.54, 1.807) is 17.6 Å². The monoisotopic (exact) mass is 350 g/mol. The maximum Gasteiger partial charge on any atom is 0.213 e. The standard InChI is InChI=1S/C20H19FN4O/c1-3-9-25-10-15-17(20(25)26)18(22)14-6-4-5-13(19(14)24-15)12-7-8-16(21)23-11(12)2/h4-8,10,26H,3,9,22H2,1-2H3. The van der Waals surface area contributed by atoms with Gasteiger partial charge in [-0.3, -0.25) is 0 Å². The molecule has 5 nitrogen and oxygen atoms in total. The van der Waals surface area contributed by atoms with Crippen LogP contribution in [0, 0.1) is 12.9 Å². The van der Waals surface area contributed by atoms with Crippen molar-refractivity contribution in [2.45, 2.75) is 26.8 Å². The molecular formula is C20H19FN4O. The molecule has 26 heavy (non-hydrogen) atoms. The van der Waals surface area contributed by atoms with E-state index in [1.165, 1.54) is 6.07 Å². The number of anilines is 1. The molecule has 132 valence electrons. The quantitative estimate of drug-likeness (QED) is 0.537. The normalized spacial score (nSPS) is 11.5. The minimum absolute atomic E-state index is 0.138. The fraction of sp³-hybridized carbons (Fsp3) is 0.200. The number of rotatable bonds is 3. The average molecular weight is 350 g/mol. The lowest BCUT2D eigenvalue weighted by Crippen LogP contribution is -1.95. The predicted molar refractivity (Wildman–Crippen MR) is 102 cm³/mol. The Labute approximate surface area is 149 Å². The van der Waals surface area contributed by atoms with Crippen LogP contribution >= 0.6 is 0 Å². The van der Waals surface area contributed by atoms with Crippen LogP contribution in [0.25, 0.3) is 32.9 Å². The number of hydrogen-bond donors (Lipinski definition) is 2. The lowest BCUT2D eigenvalue weighted by atomic mass is 9.99. The van der Waals surface area contributed by atoms with Crippen LogP contribution < -0.4 is 5.73 Å². The SMILES string of the molecule is CCCn1cc2nc3c(-c4ccc(F)nc4C)cccc3c(N)c2c1O. The number of aromatic nitrogens is 3. The van der Waals surface area contributed by atoms with Gasteiger partial charge in [0.25, 0.3) is 0 Å². The number of aromatic hydroxyl groups is 1. The number of para-hydroxylation sites is 1. The van der Waals surface area contributed by atoms with Gasteiger partial charge in [-0.05, 0) is 25.5 Å². The maximum atomic E-state index is 13.4. The first-order chi connectivity index (χ1) is 12.5. The van der Waals surface area contributed by atoms with E-state index in [9.17, 15) is 9.50 Å². The Morgan fingerprint density at radius 2 is 1.96 bits per heavy atom. The second-order valence-electron chi connectivity index (χ2n) is 6.40. The smallest absolute Gasteiger partial charge is 0.213 e. The van der Waals surface area contributed by atoms with E-state index < -0.39 is 5.95 Å². The van der Waals surface area contributed by atoms with Gasteiger partial charge in [0.2, 0.25) is 11.8 Å². The third-order valence-corrected chi connectivity index (χ3v) is 4.66. The average Bonchev–Trinajstić information content (AvgIpc) is 2.91. The largest absolute Gasteiger partial charge is 0.494 e. The summed E-state index contributed by atoms with van der Waals surface area (Å²) in [7, 11) is 0. The van der Waals surface area contributed by atoms with Crippen LogP contribution in [0.2, 0.25) is 0 Å². The fourth-order valence-electron chi connectivity index (χ4n) is 3.45. The number of fused-ring (bicyclic) bond motifs is 2. The summed E-state index contributed by atoms with van der Waals surface area (Å²) in [5.74, 6) is -0.373. The molecule has 3 N–H and O–H groups in total. The first kappa shape index (κ1) is 16.3. The summed E-state index contributed by atoms with van der Waals surface area (Å²) in [4.78, 5) is 8.67. The molecule has 0 fully saturated rings. The number of halogens is 1. The molecule has 0 radical (unpaired) electrons. The number of pyridine rings is 2. The summed E-state index contributed by atoms with van der Waals surface area (Å²) in [6.07, 6.45) is 2.70. The van der Waals surface area contributed by atoms with Crippen LogP contribution in [0.3, 0.4) is 0 Å². The lowest BCUT2D eigenvalue weighted by Gasteiger charge is -2.11. The van der Waals surface area contributed by atoms with E-state index >= 15 is 0 Å². The summed E-state index contributed by atoms with van der Waals surface area (Å²) >= 11 is 0. The topological polar surface area (TPSA) is 77.0 Å². The van der Waals surface area contributed by atoms with Gasteiger partial charge < -0.3 is 15.4 Å². The van der Waals surface area contributed by atoms with E-state index in [4.69, 9.17) is 10.7 Å². The third-order valence-electron chi connectivity index (χ3n) is 4.66. The zero-order chi connectivity index (χ0) is 18.4. The molecule has 0 bridgehead atoms. The molecule has 6 heteroatoms. The van der Waals surface area contributed by atoms with Gasteiger partial charge in [0.1, 0.15) is 0 Å². The van der Waals surface area contributed by atoms with Crippen molar-refractivity contribution in [3.05, 3.63) is 48.2 Å². The van der Waals surface area contributed by atoms with Gasteiger partial charge in [0.05, 0.1) is 22.1 Å². The highest BCUT2D eigenvalue weighted by Gasteiger charge is 2.18. The van der Waals surface area contributed by atoms with Gasteiger partial charge in [0.15, 0.2) is 0 Å². The Morgan fingerprint density at radius 1 is 1.15 bits per heavy atom. The van der Waals surface area contributed by atoms with E-state index in [1.807, 2.05) is 31.3 Å². The minimum Gasteiger partial charge on any atom is -0.494 e. The number of nitrogen functional groups attached to an aromatic ring is 1. The van der Waals surface area contributed by atoms with Gasteiger partial charge in [-0.15, -0.1) is 0 Å². The number of aryl methyl sites for hydroxylation is 2. The Balaban J connectivity index is 2.06. The second-order valence-corrected chi connectivity index (χ2v) is 6.40. The molecule has 3 heterocycles. The lowest BCUT2D eigenvalue weighted by molar-refractivity contribution is 0.421. The Bertz CT molecular complexity index is 1150. The molecule has 4 aromatic rings. The van der Waals surface area contributed by atoms with Gasteiger partial charge in [-0.2, -0.15) is 4.39 Å². The zero-order valence-electron chi connectivity index (χ0n) is 14.6. The van der Waals surface area contributed by atoms with Gasteiger partial charge in [0, 0.05) is 34.9 Å². The molecular weight excluding hydrogens is 331 g/mol. The highest BCUT2D eigenvalue weighted by molar-refractivity contribution is 6.12. The van der Waals surface area contributed by atoms with Crippen molar-refractivity contribution in [2.75, 3.05) is 5.73 Å². The third kappa shape index (κ3) is 2.37. The van der Waals surface area contributed by atoms with Crippen molar-refractivity contribution in [1.82, 2.24) is 14.5 Å². The molecule has 0 spiro atoms. The molecule has 0 atom stereocenters. The molecule has 3 aromatic heterocycles.